The van der Waals surface area contributed by atoms with Crippen LogP contribution in [-0.4, -0.2) is 42.9 Å². The molecule has 1 saturated carbocycles. The molecule has 2 aromatic carbocycles. The van der Waals surface area contributed by atoms with Crippen LogP contribution in [0.4, 0.5) is 0 Å². The number of hydrogen-bond donors (Lipinski definition) is 2. The molecule has 2 N–H and O–H groups in total. The first-order valence-corrected chi connectivity index (χ1v) is 16.6. The van der Waals surface area contributed by atoms with Crippen LogP contribution in [0.15, 0.2) is 64.2 Å². The summed E-state index contributed by atoms with van der Waals surface area (Å²) >= 11 is 13.8. The summed E-state index contributed by atoms with van der Waals surface area (Å²) in [6.45, 7) is 3.47. The molecule has 218 valence electrons. The predicted molar refractivity (Wildman–Crippen MR) is 161 cm³/mol. The van der Waals surface area contributed by atoms with Gasteiger partial charge in [0.15, 0.2) is 0 Å². The number of sulfonamides is 1. The number of carbonyl (C=O) groups is 2. The molecule has 0 spiro atoms. The van der Waals surface area contributed by atoms with E-state index < -0.39 is 33.5 Å². The number of hydrogen-bond acceptors (Lipinski definition) is 5. The molecule has 1 amide bonds. The van der Waals surface area contributed by atoms with E-state index in [1.807, 2.05) is 30.3 Å². The minimum atomic E-state index is -3.81. The number of carboxylic acids is 1. The van der Waals surface area contributed by atoms with E-state index in [0.717, 1.165) is 35.3 Å². The zero-order valence-electron chi connectivity index (χ0n) is 22.7. The molecule has 4 unspecified atom stereocenters. The molecule has 1 saturated heterocycles. The number of nitrogens with zero attached hydrogens (tertiary/aromatic N) is 1. The number of aryl methyl sites for hydroxylation is 1. The number of likely N-dealkylation sites (tertiary alicyclic amines) is 1. The number of halogens is 2. The summed E-state index contributed by atoms with van der Waals surface area (Å²) in [7, 11) is -3.81. The summed E-state index contributed by atoms with van der Waals surface area (Å²) in [5, 5.41) is 12.7. The number of aliphatic carboxylic acids is 1. The lowest BCUT2D eigenvalue weighted by molar-refractivity contribution is -0.161. The van der Waals surface area contributed by atoms with Gasteiger partial charge in [-0.1, -0.05) is 54.4 Å². The van der Waals surface area contributed by atoms with Crippen LogP contribution in [0.1, 0.15) is 61.3 Å². The van der Waals surface area contributed by atoms with E-state index in [-0.39, 0.29) is 34.9 Å². The average Bonchev–Trinajstić information content (AvgIpc) is 3.65. The lowest BCUT2D eigenvalue weighted by atomic mass is 9.67. The van der Waals surface area contributed by atoms with Crippen molar-refractivity contribution >= 4 is 56.4 Å². The number of carboxylic acid groups (broad SMARTS) is 1. The van der Waals surface area contributed by atoms with E-state index in [9.17, 15) is 23.1 Å². The standard InChI is InChI=1S/C30H32Cl2N2O5S2/c1-18-12-13-40-28(18)41(38,39)33-17-25(19-6-7-19)34-27(20-8-10-22(31)11-9-20)24(21-4-3-5-23(32)14-21)15-30(2,29(34)37)16-26(35)36/h3-5,8-14,19,24-25,27,33H,6-7,15-17H2,1-2H3,(H,35,36). The van der Waals surface area contributed by atoms with Crippen LogP contribution >= 0.6 is 34.5 Å². The zero-order valence-corrected chi connectivity index (χ0v) is 25.9. The minimum absolute atomic E-state index is 0.0194. The molecule has 2 aliphatic rings. The van der Waals surface area contributed by atoms with Crippen LogP contribution in [0, 0.1) is 18.3 Å². The number of nitrogens with one attached hydrogen (secondary N) is 1. The second-order valence-electron chi connectivity index (χ2n) is 11.4. The first-order chi connectivity index (χ1) is 19.4. The smallest absolute Gasteiger partial charge is 0.304 e. The summed E-state index contributed by atoms with van der Waals surface area (Å²) in [5.41, 5.74) is 1.18. The SMILES string of the molecule is Cc1ccsc1S(=O)(=O)NCC(C1CC1)N1C(=O)C(C)(CC(=O)O)CC(c2cccc(Cl)c2)C1c1ccc(Cl)cc1. The summed E-state index contributed by atoms with van der Waals surface area (Å²) in [4.78, 5) is 28.3. The molecule has 41 heavy (non-hydrogen) atoms. The van der Waals surface area contributed by atoms with Crippen LogP contribution in [0.3, 0.4) is 0 Å². The van der Waals surface area contributed by atoms with Gasteiger partial charge in [0.05, 0.1) is 17.9 Å². The molecule has 7 nitrogen and oxygen atoms in total. The molecule has 0 radical (unpaired) electrons. The van der Waals surface area contributed by atoms with Crippen molar-refractivity contribution in [2.24, 2.45) is 11.3 Å². The Morgan fingerprint density at radius 1 is 1.12 bits per heavy atom. The van der Waals surface area contributed by atoms with Gasteiger partial charge in [-0.05, 0) is 84.5 Å². The van der Waals surface area contributed by atoms with Crippen molar-refractivity contribution in [3.8, 4) is 0 Å². The number of amides is 1. The third-order valence-electron chi connectivity index (χ3n) is 8.20. The lowest BCUT2D eigenvalue weighted by Crippen LogP contribution is -2.59. The number of carbonyl (C=O) groups excluding carboxylic acids is 1. The highest BCUT2D eigenvalue weighted by Crippen LogP contribution is 2.54. The van der Waals surface area contributed by atoms with E-state index in [1.165, 1.54) is 0 Å². The second kappa shape index (κ2) is 11.7. The summed E-state index contributed by atoms with van der Waals surface area (Å²) in [5.74, 6) is -1.57. The van der Waals surface area contributed by atoms with Gasteiger partial charge < -0.3 is 10.0 Å². The van der Waals surface area contributed by atoms with Gasteiger partial charge in [0.1, 0.15) is 4.21 Å². The highest BCUT2D eigenvalue weighted by Gasteiger charge is 2.54. The maximum absolute atomic E-state index is 14.5. The van der Waals surface area contributed by atoms with Crippen molar-refractivity contribution in [2.45, 2.75) is 61.7 Å². The van der Waals surface area contributed by atoms with E-state index in [2.05, 4.69) is 4.72 Å². The fourth-order valence-electron chi connectivity index (χ4n) is 6.11. The molecule has 1 aliphatic carbocycles. The number of thiophene rings is 1. The molecular weight excluding hydrogens is 603 g/mol. The Labute approximate surface area is 254 Å². The highest BCUT2D eigenvalue weighted by molar-refractivity contribution is 7.91. The summed E-state index contributed by atoms with van der Waals surface area (Å²) in [6, 6.07) is 15.5. The number of piperidine rings is 1. The normalized spacial score (nSPS) is 23.9. The van der Waals surface area contributed by atoms with Gasteiger partial charge >= 0.3 is 5.97 Å². The predicted octanol–water partition coefficient (Wildman–Crippen LogP) is 6.66. The van der Waals surface area contributed by atoms with E-state index in [1.54, 1.807) is 48.4 Å². The Balaban J connectivity index is 1.63. The fourth-order valence-corrected chi connectivity index (χ4v) is 8.95. The van der Waals surface area contributed by atoms with Crippen LogP contribution in [0.2, 0.25) is 10.0 Å². The van der Waals surface area contributed by atoms with Gasteiger partial charge in [0.2, 0.25) is 15.9 Å². The van der Waals surface area contributed by atoms with Crippen LogP contribution in [-0.2, 0) is 19.6 Å². The first-order valence-electron chi connectivity index (χ1n) is 13.5. The van der Waals surface area contributed by atoms with Gasteiger partial charge in [-0.15, -0.1) is 11.3 Å². The Morgan fingerprint density at radius 2 is 1.83 bits per heavy atom. The van der Waals surface area contributed by atoms with Crippen LogP contribution < -0.4 is 4.72 Å². The Bertz CT molecular complexity index is 1550. The molecule has 2 heterocycles. The van der Waals surface area contributed by atoms with Crippen molar-refractivity contribution in [1.29, 1.82) is 0 Å². The molecule has 2 fully saturated rings. The summed E-state index contributed by atoms with van der Waals surface area (Å²) in [6.07, 6.45) is 1.64. The first kappa shape index (κ1) is 30.0. The number of benzene rings is 2. The quantitative estimate of drug-likeness (QED) is 0.260. The van der Waals surface area contributed by atoms with E-state index >= 15 is 0 Å². The van der Waals surface area contributed by atoms with Crippen molar-refractivity contribution in [2.75, 3.05) is 6.54 Å². The molecule has 4 atom stereocenters. The fraction of sp³-hybridized carbons (Fsp3) is 0.400. The van der Waals surface area contributed by atoms with Gasteiger partial charge in [-0.2, -0.15) is 0 Å². The minimum Gasteiger partial charge on any atom is -0.481 e. The highest BCUT2D eigenvalue weighted by atomic mass is 35.5. The number of rotatable bonds is 10. The average molecular weight is 636 g/mol. The zero-order chi connectivity index (χ0) is 29.5. The second-order valence-corrected chi connectivity index (χ2v) is 15.1. The third kappa shape index (κ3) is 6.34. The Hall–Kier alpha value is -2.43. The monoisotopic (exact) mass is 634 g/mol. The van der Waals surface area contributed by atoms with Crippen molar-refractivity contribution in [3.63, 3.8) is 0 Å². The largest absolute Gasteiger partial charge is 0.481 e. The van der Waals surface area contributed by atoms with Crippen molar-refractivity contribution in [3.05, 3.63) is 86.7 Å². The van der Waals surface area contributed by atoms with Crippen LogP contribution in [0.25, 0.3) is 0 Å². The van der Waals surface area contributed by atoms with E-state index in [4.69, 9.17) is 23.2 Å². The third-order valence-corrected chi connectivity index (χ3v) is 11.8. The molecule has 3 aromatic rings. The lowest BCUT2D eigenvalue weighted by Gasteiger charge is -2.52. The Morgan fingerprint density at radius 3 is 2.41 bits per heavy atom. The van der Waals surface area contributed by atoms with Crippen molar-refractivity contribution in [1.82, 2.24) is 9.62 Å². The topological polar surface area (TPSA) is 104 Å². The van der Waals surface area contributed by atoms with Gasteiger partial charge in [0, 0.05) is 28.5 Å². The molecule has 11 heteroatoms. The molecular formula is C30H32Cl2N2O5S2. The molecule has 0 bridgehead atoms. The molecule has 1 aromatic heterocycles. The van der Waals surface area contributed by atoms with Crippen LogP contribution in [0.5, 0.6) is 0 Å². The summed E-state index contributed by atoms with van der Waals surface area (Å²) < 4.78 is 29.6. The maximum atomic E-state index is 14.5. The molecule has 1 aliphatic heterocycles. The molecule has 5 rings (SSSR count). The van der Waals surface area contributed by atoms with Gasteiger partial charge in [-0.25, -0.2) is 13.1 Å². The Kier molecular flexibility index (Phi) is 8.56. The van der Waals surface area contributed by atoms with Crippen molar-refractivity contribution < 1.29 is 23.1 Å². The van der Waals surface area contributed by atoms with E-state index in [0.29, 0.717) is 22.0 Å². The van der Waals surface area contributed by atoms with Gasteiger partial charge in [-0.3, -0.25) is 9.59 Å². The van der Waals surface area contributed by atoms with Gasteiger partial charge in [0.25, 0.3) is 0 Å². The maximum Gasteiger partial charge on any atom is 0.304 e.